The second-order valence-electron chi connectivity index (χ2n) is 10.3. The van der Waals surface area contributed by atoms with Crippen LogP contribution in [0.3, 0.4) is 0 Å². The van der Waals surface area contributed by atoms with Crippen LogP contribution in [-0.4, -0.2) is 37.8 Å². The maximum absolute atomic E-state index is 13.8. The van der Waals surface area contributed by atoms with Crippen molar-refractivity contribution in [2.24, 2.45) is 16.8 Å². The third kappa shape index (κ3) is 6.07. The highest BCUT2D eigenvalue weighted by molar-refractivity contribution is 5.96. The molecule has 198 valence electrons. The quantitative estimate of drug-likeness (QED) is 0.215. The van der Waals surface area contributed by atoms with Gasteiger partial charge in [-0.15, -0.1) is 0 Å². The first kappa shape index (κ1) is 26.0. The molecule has 1 saturated carbocycles. The monoisotopic (exact) mass is 514 g/mol. The number of anilines is 1. The van der Waals surface area contributed by atoms with Crippen LogP contribution in [0.15, 0.2) is 66.2 Å². The predicted molar refractivity (Wildman–Crippen MR) is 149 cm³/mol. The fourth-order valence-corrected chi connectivity index (χ4v) is 5.27. The highest BCUT2D eigenvalue weighted by atomic mass is 19.1. The van der Waals surface area contributed by atoms with Crippen molar-refractivity contribution in [1.29, 1.82) is 0 Å². The number of imidazole rings is 1. The number of hydrogen-bond donors (Lipinski definition) is 2. The fraction of sp³-hybridized carbons (Fsp3) is 0.400. The maximum Gasteiger partial charge on any atom is 0.182 e. The molecule has 0 bridgehead atoms. The van der Waals surface area contributed by atoms with Gasteiger partial charge in [0.15, 0.2) is 11.5 Å². The van der Waals surface area contributed by atoms with Gasteiger partial charge in [-0.25, -0.2) is 19.3 Å². The van der Waals surface area contributed by atoms with Gasteiger partial charge in [0.05, 0.1) is 30.8 Å². The van der Waals surface area contributed by atoms with E-state index in [1.807, 2.05) is 25.1 Å². The number of aryl methyl sites for hydroxylation is 1. The Kier molecular flexibility index (Phi) is 8.08. The number of H-pyrrole nitrogens is 1. The van der Waals surface area contributed by atoms with E-state index in [4.69, 9.17) is 9.73 Å². The molecule has 0 spiro atoms. The molecule has 0 radical (unpaired) electrons. The lowest BCUT2D eigenvalue weighted by Crippen LogP contribution is -2.37. The molecule has 0 aliphatic heterocycles. The van der Waals surface area contributed by atoms with Gasteiger partial charge in [-0.3, -0.25) is 4.99 Å². The summed E-state index contributed by atoms with van der Waals surface area (Å²) >= 11 is 0. The summed E-state index contributed by atoms with van der Waals surface area (Å²) in [5.74, 6) is 1.29. The van der Waals surface area contributed by atoms with Crippen molar-refractivity contribution in [2.45, 2.75) is 65.2 Å². The first-order valence-electron chi connectivity index (χ1n) is 13.4. The van der Waals surface area contributed by atoms with Gasteiger partial charge in [-0.1, -0.05) is 37.3 Å². The van der Waals surface area contributed by atoms with Crippen molar-refractivity contribution < 1.29 is 9.13 Å². The second kappa shape index (κ2) is 11.8. The van der Waals surface area contributed by atoms with Crippen LogP contribution in [-0.2, 0) is 11.3 Å². The third-order valence-electron chi connectivity index (χ3n) is 7.48. The van der Waals surface area contributed by atoms with Crippen LogP contribution >= 0.6 is 0 Å². The van der Waals surface area contributed by atoms with Gasteiger partial charge in [-0.2, -0.15) is 0 Å². The second-order valence-corrected chi connectivity index (χ2v) is 10.3. The minimum Gasteiger partial charge on any atom is -0.374 e. The van der Waals surface area contributed by atoms with Crippen LogP contribution in [0.1, 0.15) is 50.7 Å². The number of nitrogens with one attached hydrogen (secondary N) is 2. The van der Waals surface area contributed by atoms with E-state index < -0.39 is 0 Å². The van der Waals surface area contributed by atoms with Gasteiger partial charge in [0.1, 0.15) is 17.7 Å². The maximum atomic E-state index is 13.8. The standard InChI is InChI=1S/C30H35FN6O/c1-4-23(13-22-14-25(15-22)38-16-21-8-6-5-7-9-21)27(37-26-11-10-24(31)12-19(26)2)20(3)36-30-28-29(33-17-32-28)34-18-35-30/h5-12,17-18,20,22-23,25H,4,13-16H2,1-3H3,(H2,32,33,34,35,36). The highest BCUT2D eigenvalue weighted by Crippen LogP contribution is 2.37. The van der Waals surface area contributed by atoms with Crippen LogP contribution in [0.5, 0.6) is 0 Å². The predicted octanol–water partition coefficient (Wildman–Crippen LogP) is 6.79. The lowest BCUT2D eigenvalue weighted by molar-refractivity contribution is -0.0441. The molecule has 1 aliphatic rings. The number of aliphatic imine (C=N–C) groups is 1. The number of ether oxygens (including phenoxy) is 1. The lowest BCUT2D eigenvalue weighted by atomic mass is 9.74. The molecule has 1 fully saturated rings. The average Bonchev–Trinajstić information content (AvgIpc) is 3.38. The number of fused-ring (bicyclic) bond motifs is 1. The van der Waals surface area contributed by atoms with Crippen molar-refractivity contribution in [3.05, 3.63) is 78.1 Å². The Morgan fingerprint density at radius 2 is 1.97 bits per heavy atom. The lowest BCUT2D eigenvalue weighted by Gasteiger charge is -2.38. The first-order chi connectivity index (χ1) is 18.5. The van der Waals surface area contributed by atoms with Crippen molar-refractivity contribution in [3.8, 4) is 0 Å². The Morgan fingerprint density at radius 3 is 2.74 bits per heavy atom. The largest absolute Gasteiger partial charge is 0.374 e. The molecule has 2 N–H and O–H groups in total. The topological polar surface area (TPSA) is 88.1 Å². The van der Waals surface area contributed by atoms with E-state index in [0.717, 1.165) is 48.2 Å². The van der Waals surface area contributed by atoms with E-state index in [2.05, 4.69) is 51.2 Å². The SMILES string of the molecule is CCC(CC1CC(OCc2ccccc2)C1)C(=Nc1ccc(F)cc1C)C(C)Nc1ncnc2nc[nH]c12. The Bertz CT molecular complexity index is 1380. The molecular formula is C30H35FN6O. The number of hydrogen-bond acceptors (Lipinski definition) is 6. The van der Waals surface area contributed by atoms with Crippen molar-refractivity contribution >= 4 is 28.4 Å². The molecule has 2 atom stereocenters. The smallest absolute Gasteiger partial charge is 0.182 e. The van der Waals surface area contributed by atoms with Crippen LogP contribution in [0, 0.1) is 24.6 Å². The van der Waals surface area contributed by atoms with E-state index in [-0.39, 0.29) is 17.8 Å². The number of aromatic amines is 1. The van der Waals surface area contributed by atoms with Gasteiger partial charge < -0.3 is 15.0 Å². The minimum absolute atomic E-state index is 0.101. The normalized spacial score (nSPS) is 19.2. The molecule has 0 saturated heterocycles. The zero-order valence-corrected chi connectivity index (χ0v) is 22.2. The van der Waals surface area contributed by atoms with E-state index in [0.29, 0.717) is 30.1 Å². The average molecular weight is 515 g/mol. The molecule has 7 nitrogen and oxygen atoms in total. The third-order valence-corrected chi connectivity index (χ3v) is 7.48. The van der Waals surface area contributed by atoms with Gasteiger partial charge in [0.25, 0.3) is 0 Å². The molecule has 2 aromatic carbocycles. The van der Waals surface area contributed by atoms with Crippen molar-refractivity contribution in [3.63, 3.8) is 0 Å². The Labute approximate surface area is 223 Å². The summed E-state index contributed by atoms with van der Waals surface area (Å²) in [6.07, 6.45) is 7.57. The van der Waals surface area contributed by atoms with E-state index in [9.17, 15) is 4.39 Å². The summed E-state index contributed by atoms with van der Waals surface area (Å²) in [5.41, 5.74) is 5.25. The minimum atomic E-state index is -0.250. The van der Waals surface area contributed by atoms with Crippen LogP contribution in [0.25, 0.3) is 11.2 Å². The van der Waals surface area contributed by atoms with E-state index >= 15 is 0 Å². The highest BCUT2D eigenvalue weighted by Gasteiger charge is 2.33. The van der Waals surface area contributed by atoms with E-state index in [1.165, 1.54) is 24.0 Å². The first-order valence-corrected chi connectivity index (χ1v) is 13.4. The summed E-state index contributed by atoms with van der Waals surface area (Å²) in [6.45, 7) is 6.88. The molecule has 0 amide bonds. The molecule has 4 aromatic rings. The summed E-state index contributed by atoms with van der Waals surface area (Å²) in [5, 5.41) is 3.54. The number of rotatable bonds is 11. The molecule has 8 heteroatoms. The van der Waals surface area contributed by atoms with Gasteiger partial charge in [0.2, 0.25) is 0 Å². The van der Waals surface area contributed by atoms with Crippen molar-refractivity contribution in [2.75, 3.05) is 5.32 Å². The molecule has 2 unspecified atom stereocenters. The van der Waals surface area contributed by atoms with Crippen LogP contribution in [0.2, 0.25) is 0 Å². The summed E-state index contributed by atoms with van der Waals surface area (Å²) in [4.78, 5) is 21.2. The molecule has 1 aliphatic carbocycles. The molecule has 2 heterocycles. The molecular weight excluding hydrogens is 479 g/mol. The number of aromatic nitrogens is 4. The zero-order valence-electron chi connectivity index (χ0n) is 22.2. The van der Waals surface area contributed by atoms with Crippen molar-refractivity contribution in [1.82, 2.24) is 19.9 Å². The van der Waals surface area contributed by atoms with Gasteiger partial charge in [-0.05, 0) is 80.7 Å². The molecule has 5 rings (SSSR count). The van der Waals surface area contributed by atoms with Gasteiger partial charge >= 0.3 is 0 Å². The molecule has 2 aromatic heterocycles. The number of halogens is 1. The number of nitrogens with zero attached hydrogens (tertiary/aromatic N) is 4. The Hall–Kier alpha value is -3.65. The number of benzene rings is 2. The summed E-state index contributed by atoms with van der Waals surface area (Å²) in [7, 11) is 0. The van der Waals surface area contributed by atoms with Crippen LogP contribution in [0.4, 0.5) is 15.9 Å². The Morgan fingerprint density at radius 1 is 1.16 bits per heavy atom. The fourth-order valence-electron chi connectivity index (χ4n) is 5.27. The Balaban J connectivity index is 1.31. The summed E-state index contributed by atoms with van der Waals surface area (Å²) < 4.78 is 20.0. The van der Waals surface area contributed by atoms with E-state index in [1.54, 1.807) is 12.4 Å². The molecule has 38 heavy (non-hydrogen) atoms. The zero-order chi connectivity index (χ0) is 26.5. The van der Waals surface area contributed by atoms with Gasteiger partial charge in [0, 0.05) is 5.71 Å². The van der Waals surface area contributed by atoms with Crippen LogP contribution < -0.4 is 5.32 Å². The summed E-state index contributed by atoms with van der Waals surface area (Å²) in [6, 6.07) is 15.0.